The number of amides is 2. The first-order chi connectivity index (χ1) is 20.1. The highest BCUT2D eigenvalue weighted by Crippen LogP contribution is 2.39. The number of phenolic OH excluding ortho intramolecular Hbond substituents is 1. The maximum absolute atomic E-state index is 15.2. The van der Waals surface area contributed by atoms with E-state index in [2.05, 4.69) is 0 Å². The summed E-state index contributed by atoms with van der Waals surface area (Å²) >= 11 is 0. The number of carbonyl (C=O) groups excluding carboxylic acids is 2. The van der Waals surface area contributed by atoms with Crippen LogP contribution in [0.25, 0.3) is 10.9 Å². The number of likely N-dealkylation sites (tertiary alicyclic amines) is 1. The lowest BCUT2D eigenvalue weighted by Gasteiger charge is -2.40. The molecular formula is C33H42FN3O5. The van der Waals surface area contributed by atoms with Crippen LogP contribution in [0.2, 0.25) is 0 Å². The van der Waals surface area contributed by atoms with Gasteiger partial charge < -0.3 is 28.9 Å². The zero-order valence-corrected chi connectivity index (χ0v) is 25.0. The number of benzene rings is 2. The quantitative estimate of drug-likeness (QED) is 0.312. The molecule has 9 heteroatoms. The molecule has 1 aromatic heterocycles. The van der Waals surface area contributed by atoms with Crippen molar-refractivity contribution >= 4 is 22.9 Å². The van der Waals surface area contributed by atoms with Crippen molar-refractivity contribution < 1.29 is 28.6 Å². The molecule has 2 heterocycles. The van der Waals surface area contributed by atoms with Crippen LogP contribution < -0.4 is 0 Å². The molecule has 1 N–H and O–H groups in total. The third-order valence-corrected chi connectivity index (χ3v) is 8.17. The van der Waals surface area contributed by atoms with Gasteiger partial charge in [0.15, 0.2) is 0 Å². The number of aryl methyl sites for hydroxylation is 1. The van der Waals surface area contributed by atoms with Gasteiger partial charge in [0, 0.05) is 57.5 Å². The molecule has 2 amide bonds. The van der Waals surface area contributed by atoms with E-state index in [9.17, 15) is 14.7 Å². The van der Waals surface area contributed by atoms with Gasteiger partial charge in [-0.1, -0.05) is 18.2 Å². The van der Waals surface area contributed by atoms with Gasteiger partial charge in [-0.2, -0.15) is 0 Å². The average molecular weight is 580 g/mol. The van der Waals surface area contributed by atoms with E-state index < -0.39 is 17.6 Å². The first kappa shape index (κ1) is 29.9. The fourth-order valence-corrected chi connectivity index (χ4v) is 6.09. The van der Waals surface area contributed by atoms with E-state index >= 15 is 4.39 Å². The van der Waals surface area contributed by atoms with Crippen LogP contribution in [-0.2, 0) is 27.4 Å². The molecule has 2 fully saturated rings. The predicted molar refractivity (Wildman–Crippen MR) is 159 cm³/mol. The number of carbonyl (C=O) groups is 2. The van der Waals surface area contributed by atoms with E-state index in [1.165, 1.54) is 6.07 Å². The van der Waals surface area contributed by atoms with Gasteiger partial charge in [-0.25, -0.2) is 9.18 Å². The zero-order chi connectivity index (χ0) is 30.0. The summed E-state index contributed by atoms with van der Waals surface area (Å²) in [6.45, 7) is 7.70. The summed E-state index contributed by atoms with van der Waals surface area (Å²) in [5.41, 5.74) is 1.79. The molecule has 1 aliphatic heterocycles. The van der Waals surface area contributed by atoms with Gasteiger partial charge in [-0.15, -0.1) is 0 Å². The lowest BCUT2D eigenvalue weighted by Crippen LogP contribution is -2.51. The van der Waals surface area contributed by atoms with Crippen LogP contribution in [0.1, 0.15) is 63.5 Å². The normalized spacial score (nSPS) is 19.2. The van der Waals surface area contributed by atoms with Gasteiger partial charge >= 0.3 is 6.09 Å². The van der Waals surface area contributed by atoms with Crippen molar-refractivity contribution in [2.75, 3.05) is 26.8 Å². The second kappa shape index (κ2) is 12.3. The van der Waals surface area contributed by atoms with Gasteiger partial charge in [0.05, 0.1) is 11.4 Å². The maximum atomic E-state index is 15.2. The molecule has 1 aliphatic carbocycles. The maximum Gasteiger partial charge on any atom is 0.410 e. The number of hydrogen-bond acceptors (Lipinski definition) is 5. The standard InChI is InChI=1S/C33H42FN3O5/c1-33(2,3)42-32(40)36-16-14-26(22-8-5-9-25(38)18-22)27(21-36)31(39)37(24-12-13-24)20-23-19-35(15-7-17-41-4)29-11-6-10-28(34)30(23)29/h5-6,8-11,18-19,24,26-27,38H,7,12-17,20-21H2,1-4H3/t26-,27+/m1/s1. The van der Waals surface area contributed by atoms with Crippen LogP contribution in [0.4, 0.5) is 9.18 Å². The zero-order valence-electron chi connectivity index (χ0n) is 25.0. The Labute approximate surface area is 247 Å². The number of methoxy groups -OCH3 is 1. The first-order valence-corrected chi connectivity index (χ1v) is 14.9. The molecule has 2 atom stereocenters. The summed E-state index contributed by atoms with van der Waals surface area (Å²) in [7, 11) is 1.66. The fraction of sp³-hybridized carbons (Fsp3) is 0.515. The van der Waals surface area contributed by atoms with Gasteiger partial charge in [-0.3, -0.25) is 4.79 Å². The second-order valence-corrected chi connectivity index (χ2v) is 12.5. The van der Waals surface area contributed by atoms with Gasteiger partial charge in [-0.05, 0) is 87.8 Å². The number of ether oxygens (including phenoxy) is 2. The van der Waals surface area contributed by atoms with Crippen molar-refractivity contribution in [1.29, 1.82) is 0 Å². The van der Waals surface area contributed by atoms with Crippen LogP contribution >= 0.6 is 0 Å². The number of fused-ring (bicyclic) bond motifs is 1. The van der Waals surface area contributed by atoms with Crippen molar-refractivity contribution in [3.8, 4) is 5.75 Å². The summed E-state index contributed by atoms with van der Waals surface area (Å²) in [5, 5.41) is 10.8. The van der Waals surface area contributed by atoms with Gasteiger partial charge in [0.25, 0.3) is 0 Å². The van der Waals surface area contributed by atoms with Crippen molar-refractivity contribution in [2.45, 2.75) is 77.1 Å². The molecule has 5 rings (SSSR count). The number of hydrogen-bond donors (Lipinski definition) is 1. The number of nitrogens with zero attached hydrogens (tertiary/aromatic N) is 3. The number of rotatable bonds is 9. The number of halogens is 1. The molecule has 0 bridgehead atoms. The Bertz CT molecular complexity index is 1430. The molecule has 226 valence electrons. The van der Waals surface area contributed by atoms with Crippen LogP contribution in [0.15, 0.2) is 48.7 Å². The van der Waals surface area contributed by atoms with E-state index in [4.69, 9.17) is 9.47 Å². The number of aromatic hydroxyl groups is 1. The Morgan fingerprint density at radius 1 is 1.12 bits per heavy atom. The first-order valence-electron chi connectivity index (χ1n) is 14.9. The smallest absolute Gasteiger partial charge is 0.410 e. The topological polar surface area (TPSA) is 84.2 Å². The molecule has 8 nitrogen and oxygen atoms in total. The van der Waals surface area contributed by atoms with E-state index in [-0.39, 0.29) is 42.5 Å². The molecule has 0 radical (unpaired) electrons. The van der Waals surface area contributed by atoms with E-state index in [1.807, 2.05) is 48.6 Å². The van der Waals surface area contributed by atoms with Crippen molar-refractivity contribution in [3.05, 3.63) is 65.6 Å². The SMILES string of the molecule is COCCCn1cc(CN(C(=O)[C@H]2CN(C(=O)OC(C)(C)C)CC[C@@H]2c2cccc(O)c2)C2CC2)c2c(F)cccc21. The second-order valence-electron chi connectivity index (χ2n) is 12.5. The highest BCUT2D eigenvalue weighted by atomic mass is 19.1. The van der Waals surface area contributed by atoms with Crippen LogP contribution in [0, 0.1) is 11.7 Å². The predicted octanol–water partition coefficient (Wildman–Crippen LogP) is 6.05. The fourth-order valence-electron chi connectivity index (χ4n) is 6.09. The van der Waals surface area contributed by atoms with Gasteiger partial charge in [0.1, 0.15) is 17.2 Å². The van der Waals surface area contributed by atoms with Crippen molar-refractivity contribution in [3.63, 3.8) is 0 Å². The minimum atomic E-state index is -0.653. The van der Waals surface area contributed by atoms with E-state index in [0.29, 0.717) is 31.5 Å². The molecule has 42 heavy (non-hydrogen) atoms. The van der Waals surface area contributed by atoms with E-state index in [0.717, 1.165) is 35.9 Å². The minimum absolute atomic E-state index is 0.0595. The van der Waals surface area contributed by atoms with E-state index in [1.54, 1.807) is 36.3 Å². The highest BCUT2D eigenvalue weighted by Gasteiger charge is 2.43. The molecular weight excluding hydrogens is 537 g/mol. The summed E-state index contributed by atoms with van der Waals surface area (Å²) in [4.78, 5) is 31.1. The molecule has 2 aromatic carbocycles. The van der Waals surface area contributed by atoms with Crippen LogP contribution in [0.5, 0.6) is 5.75 Å². The highest BCUT2D eigenvalue weighted by molar-refractivity contribution is 5.86. The minimum Gasteiger partial charge on any atom is -0.508 e. The molecule has 3 aromatic rings. The summed E-state index contributed by atoms with van der Waals surface area (Å²) in [5.74, 6) is -0.937. The summed E-state index contributed by atoms with van der Waals surface area (Å²) in [6.07, 6.45) is 4.65. The Hall–Kier alpha value is -3.59. The Morgan fingerprint density at radius 3 is 2.57 bits per heavy atom. The average Bonchev–Trinajstić information content (AvgIpc) is 3.72. The number of aromatic nitrogens is 1. The lowest BCUT2D eigenvalue weighted by atomic mass is 9.79. The largest absolute Gasteiger partial charge is 0.508 e. The Balaban J connectivity index is 1.46. The molecule has 0 spiro atoms. The van der Waals surface area contributed by atoms with Crippen LogP contribution in [0.3, 0.4) is 0 Å². The molecule has 1 saturated carbocycles. The Kier molecular flexibility index (Phi) is 8.78. The third kappa shape index (κ3) is 6.72. The van der Waals surface area contributed by atoms with Gasteiger partial charge in [0.2, 0.25) is 5.91 Å². The number of piperidine rings is 1. The molecule has 0 unspecified atom stereocenters. The summed E-state index contributed by atoms with van der Waals surface area (Å²) < 4.78 is 28.2. The Morgan fingerprint density at radius 2 is 1.88 bits per heavy atom. The summed E-state index contributed by atoms with van der Waals surface area (Å²) in [6, 6.07) is 12.2. The molecule has 1 saturated heterocycles. The molecule has 2 aliphatic rings. The number of phenols is 1. The monoisotopic (exact) mass is 579 g/mol. The lowest BCUT2D eigenvalue weighted by molar-refractivity contribution is -0.139. The van der Waals surface area contributed by atoms with Crippen molar-refractivity contribution in [2.24, 2.45) is 5.92 Å². The van der Waals surface area contributed by atoms with Crippen LogP contribution in [-0.4, -0.2) is 69.9 Å². The third-order valence-electron chi connectivity index (χ3n) is 8.17. The van der Waals surface area contributed by atoms with Crippen molar-refractivity contribution in [1.82, 2.24) is 14.4 Å².